The molecule has 1 aliphatic rings. The van der Waals surface area contributed by atoms with Crippen LogP contribution in [0.4, 0.5) is 0 Å². The SMILES string of the molecule is COc1cc(Cl)ccc1S(=O)(=O)N1CCC(C(C)N)CC1. The summed E-state index contributed by atoms with van der Waals surface area (Å²) in [6.45, 7) is 2.94. The quantitative estimate of drug-likeness (QED) is 0.916. The lowest BCUT2D eigenvalue weighted by Gasteiger charge is -2.33. The Kier molecular flexibility index (Phi) is 5.14. The Balaban J connectivity index is 2.24. The number of ether oxygens (including phenoxy) is 1. The molecule has 1 atom stereocenters. The first-order valence-electron chi connectivity index (χ1n) is 6.95. The minimum absolute atomic E-state index is 0.0972. The van der Waals surface area contributed by atoms with Gasteiger partial charge in [0.05, 0.1) is 7.11 Å². The lowest BCUT2D eigenvalue weighted by Crippen LogP contribution is -2.42. The fourth-order valence-electron chi connectivity index (χ4n) is 2.64. The van der Waals surface area contributed by atoms with E-state index < -0.39 is 10.0 Å². The van der Waals surface area contributed by atoms with Crippen LogP contribution in [-0.2, 0) is 10.0 Å². The topological polar surface area (TPSA) is 72.6 Å². The van der Waals surface area contributed by atoms with Gasteiger partial charge >= 0.3 is 0 Å². The van der Waals surface area contributed by atoms with E-state index in [0.717, 1.165) is 12.8 Å². The minimum atomic E-state index is -3.56. The molecule has 5 nitrogen and oxygen atoms in total. The number of hydrogen-bond donors (Lipinski definition) is 1. The molecule has 0 radical (unpaired) electrons. The highest BCUT2D eigenvalue weighted by Crippen LogP contribution is 2.32. The molecule has 0 spiro atoms. The molecule has 1 aromatic carbocycles. The number of nitrogens with zero attached hydrogens (tertiary/aromatic N) is 1. The molecule has 0 aliphatic carbocycles. The molecule has 1 fully saturated rings. The van der Waals surface area contributed by atoms with E-state index in [2.05, 4.69) is 0 Å². The van der Waals surface area contributed by atoms with Crippen molar-refractivity contribution in [3.05, 3.63) is 23.2 Å². The second-order valence-electron chi connectivity index (χ2n) is 5.40. The molecule has 118 valence electrons. The first-order valence-corrected chi connectivity index (χ1v) is 8.77. The maximum Gasteiger partial charge on any atom is 0.246 e. The molecule has 1 saturated heterocycles. The number of nitrogens with two attached hydrogens (primary N) is 1. The molecular formula is C14H21ClN2O3S. The van der Waals surface area contributed by atoms with E-state index in [1.54, 1.807) is 6.07 Å². The summed E-state index contributed by atoms with van der Waals surface area (Å²) in [7, 11) is -2.12. The Morgan fingerprint density at radius 1 is 1.38 bits per heavy atom. The normalized spacial score (nSPS) is 19.4. The van der Waals surface area contributed by atoms with Gasteiger partial charge in [0.1, 0.15) is 10.6 Å². The summed E-state index contributed by atoms with van der Waals surface area (Å²) in [6.07, 6.45) is 1.57. The maximum atomic E-state index is 12.7. The first kappa shape index (κ1) is 16.5. The predicted octanol–water partition coefficient (Wildman–Crippen LogP) is 2.10. The van der Waals surface area contributed by atoms with Crippen LogP contribution >= 0.6 is 11.6 Å². The molecule has 2 rings (SSSR count). The molecule has 0 saturated carbocycles. The molecule has 1 aliphatic heterocycles. The number of hydrogen-bond acceptors (Lipinski definition) is 4. The van der Waals surface area contributed by atoms with E-state index in [0.29, 0.717) is 24.0 Å². The summed E-state index contributed by atoms with van der Waals surface area (Å²) in [6, 6.07) is 4.67. The van der Waals surface area contributed by atoms with Gasteiger partial charge in [-0.15, -0.1) is 0 Å². The molecular weight excluding hydrogens is 312 g/mol. The van der Waals surface area contributed by atoms with Crippen LogP contribution in [0, 0.1) is 5.92 Å². The highest BCUT2D eigenvalue weighted by molar-refractivity contribution is 7.89. The zero-order valence-corrected chi connectivity index (χ0v) is 13.8. The van der Waals surface area contributed by atoms with Crippen molar-refractivity contribution in [2.24, 2.45) is 11.7 Å². The van der Waals surface area contributed by atoms with Crippen molar-refractivity contribution < 1.29 is 13.2 Å². The van der Waals surface area contributed by atoms with Gasteiger partial charge in [-0.25, -0.2) is 8.42 Å². The van der Waals surface area contributed by atoms with Crippen LogP contribution in [0.1, 0.15) is 19.8 Å². The number of benzene rings is 1. The number of halogens is 1. The summed E-state index contributed by atoms with van der Waals surface area (Å²) in [5.74, 6) is 0.653. The van der Waals surface area contributed by atoms with E-state index in [9.17, 15) is 8.42 Å². The fourth-order valence-corrected chi connectivity index (χ4v) is 4.40. The third-order valence-corrected chi connectivity index (χ3v) is 6.16. The van der Waals surface area contributed by atoms with Gasteiger partial charge < -0.3 is 10.5 Å². The van der Waals surface area contributed by atoms with E-state index in [-0.39, 0.29) is 16.7 Å². The lowest BCUT2D eigenvalue weighted by atomic mass is 9.92. The Morgan fingerprint density at radius 3 is 2.52 bits per heavy atom. The van der Waals surface area contributed by atoms with E-state index in [1.807, 2.05) is 6.92 Å². The number of methoxy groups -OCH3 is 1. The predicted molar refractivity (Wildman–Crippen MR) is 83.1 cm³/mol. The van der Waals surface area contributed by atoms with Gasteiger partial charge in [-0.2, -0.15) is 4.31 Å². The zero-order valence-electron chi connectivity index (χ0n) is 12.3. The standard InChI is InChI=1S/C14H21ClN2O3S/c1-10(16)11-5-7-17(8-6-11)21(18,19)14-4-3-12(15)9-13(14)20-2/h3-4,9-11H,5-8,16H2,1-2H3. The Hall–Kier alpha value is -0.820. The van der Waals surface area contributed by atoms with Crippen molar-refractivity contribution in [3.63, 3.8) is 0 Å². The van der Waals surface area contributed by atoms with Crippen molar-refractivity contribution in [3.8, 4) is 5.75 Å². The van der Waals surface area contributed by atoms with Crippen molar-refractivity contribution in [1.82, 2.24) is 4.31 Å². The van der Waals surface area contributed by atoms with Crippen molar-refractivity contribution >= 4 is 21.6 Å². The molecule has 0 amide bonds. The molecule has 1 aromatic rings. The summed E-state index contributed by atoms with van der Waals surface area (Å²) in [5.41, 5.74) is 5.89. The third kappa shape index (κ3) is 3.51. The van der Waals surface area contributed by atoms with Gasteiger partial charge in [-0.05, 0) is 37.8 Å². The molecule has 0 bridgehead atoms. The second-order valence-corrected chi connectivity index (χ2v) is 7.74. The second kappa shape index (κ2) is 6.52. The van der Waals surface area contributed by atoms with Gasteiger partial charge in [-0.1, -0.05) is 11.6 Å². The highest BCUT2D eigenvalue weighted by atomic mass is 35.5. The van der Waals surface area contributed by atoms with Gasteiger partial charge in [0.15, 0.2) is 0 Å². The minimum Gasteiger partial charge on any atom is -0.495 e. The summed E-state index contributed by atoms with van der Waals surface area (Å²) in [4.78, 5) is 0.161. The monoisotopic (exact) mass is 332 g/mol. The van der Waals surface area contributed by atoms with Crippen LogP contribution in [0.15, 0.2) is 23.1 Å². The largest absolute Gasteiger partial charge is 0.495 e. The van der Waals surface area contributed by atoms with Crippen LogP contribution < -0.4 is 10.5 Å². The molecule has 1 unspecified atom stereocenters. The van der Waals surface area contributed by atoms with Gasteiger partial charge in [-0.3, -0.25) is 0 Å². The first-order chi connectivity index (χ1) is 9.86. The number of rotatable bonds is 4. The zero-order chi connectivity index (χ0) is 15.6. The Labute approximate surface area is 131 Å². The third-order valence-electron chi connectivity index (χ3n) is 3.99. The van der Waals surface area contributed by atoms with Crippen LogP contribution in [0.5, 0.6) is 5.75 Å². The van der Waals surface area contributed by atoms with Crippen molar-refractivity contribution in [2.45, 2.75) is 30.7 Å². The van der Waals surface area contributed by atoms with E-state index in [4.69, 9.17) is 22.1 Å². The molecule has 2 N–H and O–H groups in total. The van der Waals surface area contributed by atoms with E-state index >= 15 is 0 Å². The molecule has 0 aromatic heterocycles. The van der Waals surface area contributed by atoms with Crippen LogP contribution in [0.2, 0.25) is 5.02 Å². The van der Waals surface area contributed by atoms with Crippen LogP contribution in [-0.4, -0.2) is 39.0 Å². The summed E-state index contributed by atoms with van der Waals surface area (Å²) < 4.78 is 32.1. The average Bonchev–Trinajstić information content (AvgIpc) is 2.46. The fraction of sp³-hybridized carbons (Fsp3) is 0.571. The van der Waals surface area contributed by atoms with E-state index in [1.165, 1.54) is 23.5 Å². The maximum absolute atomic E-state index is 12.7. The van der Waals surface area contributed by atoms with Crippen LogP contribution in [0.3, 0.4) is 0 Å². The average molecular weight is 333 g/mol. The highest BCUT2D eigenvalue weighted by Gasteiger charge is 2.32. The number of sulfonamides is 1. The molecule has 1 heterocycles. The lowest BCUT2D eigenvalue weighted by molar-refractivity contribution is 0.250. The van der Waals surface area contributed by atoms with Gasteiger partial charge in [0.2, 0.25) is 10.0 Å². The number of piperidine rings is 1. The van der Waals surface area contributed by atoms with Gasteiger partial charge in [0, 0.05) is 30.2 Å². The Morgan fingerprint density at radius 2 is 2.00 bits per heavy atom. The van der Waals surface area contributed by atoms with Gasteiger partial charge in [0.25, 0.3) is 0 Å². The van der Waals surface area contributed by atoms with Crippen LogP contribution in [0.25, 0.3) is 0 Å². The summed E-state index contributed by atoms with van der Waals surface area (Å²) >= 11 is 5.88. The van der Waals surface area contributed by atoms with Crippen molar-refractivity contribution in [1.29, 1.82) is 0 Å². The Bertz CT molecular complexity index is 596. The molecule has 7 heteroatoms. The smallest absolute Gasteiger partial charge is 0.246 e. The summed E-state index contributed by atoms with van der Waals surface area (Å²) in [5, 5.41) is 0.446. The van der Waals surface area contributed by atoms with Crippen molar-refractivity contribution in [2.75, 3.05) is 20.2 Å². The molecule has 21 heavy (non-hydrogen) atoms.